The minimum absolute atomic E-state index is 0.0497. The van der Waals surface area contributed by atoms with E-state index in [1.54, 1.807) is 14.2 Å². The van der Waals surface area contributed by atoms with Crippen LogP contribution in [-0.2, 0) is 11.2 Å². The number of carbonyl (C=O) groups is 1. The number of hydrogen-bond acceptors (Lipinski definition) is 4. The van der Waals surface area contributed by atoms with Crippen molar-refractivity contribution in [2.75, 3.05) is 33.9 Å². The fraction of sp³-hybridized carbons (Fsp3) is 0.562. The Bertz CT molecular complexity index is 518. The molecule has 1 aliphatic rings. The van der Waals surface area contributed by atoms with E-state index >= 15 is 0 Å². The van der Waals surface area contributed by atoms with E-state index in [4.69, 9.17) is 15.2 Å². The van der Waals surface area contributed by atoms with Gasteiger partial charge in [-0.25, -0.2) is 0 Å². The Labute approximate surface area is 126 Å². The summed E-state index contributed by atoms with van der Waals surface area (Å²) in [6.07, 6.45) is 1.28. The van der Waals surface area contributed by atoms with Gasteiger partial charge in [0.05, 0.1) is 20.6 Å². The van der Waals surface area contributed by atoms with Gasteiger partial charge >= 0.3 is 0 Å². The Kier molecular flexibility index (Phi) is 4.73. The smallest absolute Gasteiger partial charge is 0.227 e. The molecular formula is C16H24N2O3. The molecule has 0 aliphatic carbocycles. The van der Waals surface area contributed by atoms with Gasteiger partial charge in [0.15, 0.2) is 0 Å². The maximum atomic E-state index is 12.5. The summed E-state index contributed by atoms with van der Waals surface area (Å²) in [6.45, 7) is 4.25. The van der Waals surface area contributed by atoms with Crippen molar-refractivity contribution >= 4 is 5.91 Å². The van der Waals surface area contributed by atoms with E-state index in [0.717, 1.165) is 30.8 Å². The third kappa shape index (κ3) is 3.47. The van der Waals surface area contributed by atoms with Crippen LogP contribution in [0.4, 0.5) is 0 Å². The van der Waals surface area contributed by atoms with Crippen molar-refractivity contribution in [2.45, 2.75) is 19.8 Å². The van der Waals surface area contributed by atoms with Gasteiger partial charge in [0, 0.05) is 18.7 Å². The standard InChI is InChI=1S/C16H24N2O3/c1-16(10-17)6-7-18(11-16)15(19)9-12-8-13(20-2)4-5-14(12)21-3/h4-5,8H,6-7,9-11,17H2,1-3H3. The van der Waals surface area contributed by atoms with Crippen LogP contribution in [0.1, 0.15) is 18.9 Å². The molecule has 1 atom stereocenters. The number of likely N-dealkylation sites (tertiary alicyclic amines) is 1. The first-order valence-corrected chi connectivity index (χ1v) is 7.20. The van der Waals surface area contributed by atoms with Gasteiger partial charge in [-0.15, -0.1) is 0 Å². The van der Waals surface area contributed by atoms with Gasteiger partial charge in [0.2, 0.25) is 5.91 Å². The third-order valence-electron chi connectivity index (χ3n) is 4.23. The Balaban J connectivity index is 2.09. The number of benzene rings is 1. The van der Waals surface area contributed by atoms with Gasteiger partial charge in [-0.3, -0.25) is 4.79 Å². The molecule has 2 rings (SSSR count). The summed E-state index contributed by atoms with van der Waals surface area (Å²) >= 11 is 0. The highest BCUT2D eigenvalue weighted by molar-refractivity contribution is 5.80. The van der Waals surface area contributed by atoms with Crippen LogP contribution in [0.3, 0.4) is 0 Å². The van der Waals surface area contributed by atoms with E-state index < -0.39 is 0 Å². The molecule has 1 saturated heterocycles. The minimum Gasteiger partial charge on any atom is -0.497 e. The zero-order valence-electron chi connectivity index (χ0n) is 13.0. The van der Waals surface area contributed by atoms with E-state index in [2.05, 4.69) is 6.92 Å². The molecule has 0 saturated carbocycles. The highest BCUT2D eigenvalue weighted by atomic mass is 16.5. The summed E-state index contributed by atoms with van der Waals surface area (Å²) in [7, 11) is 3.22. The van der Waals surface area contributed by atoms with Gasteiger partial charge in [-0.2, -0.15) is 0 Å². The van der Waals surface area contributed by atoms with Crippen LogP contribution >= 0.6 is 0 Å². The quantitative estimate of drug-likeness (QED) is 0.892. The van der Waals surface area contributed by atoms with Crippen molar-refractivity contribution in [1.29, 1.82) is 0 Å². The molecule has 1 unspecified atom stereocenters. The predicted molar refractivity (Wildman–Crippen MR) is 81.6 cm³/mol. The molecule has 0 spiro atoms. The average molecular weight is 292 g/mol. The Morgan fingerprint density at radius 2 is 2.14 bits per heavy atom. The van der Waals surface area contributed by atoms with Gasteiger partial charge in [-0.1, -0.05) is 6.92 Å². The summed E-state index contributed by atoms with van der Waals surface area (Å²) in [6, 6.07) is 5.51. The molecule has 1 amide bonds. The van der Waals surface area contributed by atoms with Crippen LogP contribution in [0, 0.1) is 5.41 Å². The number of amides is 1. The zero-order chi connectivity index (χ0) is 15.5. The molecule has 0 aromatic heterocycles. The molecule has 0 bridgehead atoms. The topological polar surface area (TPSA) is 64.8 Å². The molecule has 21 heavy (non-hydrogen) atoms. The van der Waals surface area contributed by atoms with E-state index in [1.807, 2.05) is 23.1 Å². The molecule has 1 fully saturated rings. The van der Waals surface area contributed by atoms with Crippen molar-refractivity contribution in [3.63, 3.8) is 0 Å². The van der Waals surface area contributed by atoms with Crippen molar-refractivity contribution in [3.8, 4) is 11.5 Å². The van der Waals surface area contributed by atoms with Crippen LogP contribution < -0.4 is 15.2 Å². The molecule has 2 N–H and O–H groups in total. The molecular weight excluding hydrogens is 268 g/mol. The van der Waals surface area contributed by atoms with Crippen molar-refractivity contribution in [3.05, 3.63) is 23.8 Å². The van der Waals surface area contributed by atoms with Crippen molar-refractivity contribution < 1.29 is 14.3 Å². The predicted octanol–water partition coefficient (Wildman–Crippen LogP) is 1.44. The molecule has 5 heteroatoms. The van der Waals surface area contributed by atoms with E-state index in [-0.39, 0.29) is 11.3 Å². The Morgan fingerprint density at radius 1 is 1.38 bits per heavy atom. The molecule has 0 radical (unpaired) electrons. The maximum Gasteiger partial charge on any atom is 0.227 e. The highest BCUT2D eigenvalue weighted by Gasteiger charge is 2.34. The molecule has 1 aliphatic heterocycles. The second kappa shape index (κ2) is 6.35. The monoisotopic (exact) mass is 292 g/mol. The lowest BCUT2D eigenvalue weighted by Gasteiger charge is -2.23. The average Bonchev–Trinajstić information content (AvgIpc) is 2.90. The molecule has 1 aromatic carbocycles. The van der Waals surface area contributed by atoms with E-state index in [0.29, 0.717) is 18.7 Å². The molecule has 1 heterocycles. The number of carbonyl (C=O) groups excluding carboxylic acids is 1. The lowest BCUT2D eigenvalue weighted by atomic mass is 9.90. The maximum absolute atomic E-state index is 12.5. The van der Waals surface area contributed by atoms with Crippen LogP contribution in [0.15, 0.2) is 18.2 Å². The third-order valence-corrected chi connectivity index (χ3v) is 4.23. The SMILES string of the molecule is COc1ccc(OC)c(CC(=O)N2CCC(C)(CN)C2)c1. The number of hydrogen-bond donors (Lipinski definition) is 1. The van der Waals surface area contributed by atoms with Crippen molar-refractivity contribution in [2.24, 2.45) is 11.1 Å². The number of ether oxygens (including phenoxy) is 2. The molecule has 116 valence electrons. The summed E-state index contributed by atoms with van der Waals surface area (Å²) in [4.78, 5) is 14.4. The summed E-state index contributed by atoms with van der Waals surface area (Å²) in [5, 5.41) is 0. The van der Waals surface area contributed by atoms with Gasteiger partial charge in [0.25, 0.3) is 0 Å². The highest BCUT2D eigenvalue weighted by Crippen LogP contribution is 2.30. The number of rotatable bonds is 5. The first-order chi connectivity index (χ1) is 10.0. The lowest BCUT2D eigenvalue weighted by molar-refractivity contribution is -0.129. The first-order valence-electron chi connectivity index (χ1n) is 7.20. The van der Waals surface area contributed by atoms with Crippen LogP contribution in [0.25, 0.3) is 0 Å². The summed E-state index contributed by atoms with van der Waals surface area (Å²) < 4.78 is 10.5. The lowest BCUT2D eigenvalue weighted by Crippen LogP contribution is -2.35. The molecule has 5 nitrogen and oxygen atoms in total. The van der Waals surface area contributed by atoms with E-state index in [1.165, 1.54) is 0 Å². The van der Waals surface area contributed by atoms with E-state index in [9.17, 15) is 4.79 Å². The number of nitrogens with two attached hydrogens (primary N) is 1. The Hall–Kier alpha value is -1.75. The normalized spacial score (nSPS) is 21.4. The minimum atomic E-state index is 0.0497. The van der Waals surface area contributed by atoms with Crippen LogP contribution in [0.2, 0.25) is 0 Å². The zero-order valence-corrected chi connectivity index (χ0v) is 13.0. The second-order valence-corrected chi connectivity index (χ2v) is 5.93. The largest absolute Gasteiger partial charge is 0.497 e. The number of methoxy groups -OCH3 is 2. The van der Waals surface area contributed by atoms with Crippen molar-refractivity contribution in [1.82, 2.24) is 4.90 Å². The van der Waals surface area contributed by atoms with Gasteiger partial charge < -0.3 is 20.1 Å². The van der Waals surface area contributed by atoms with Gasteiger partial charge in [0.1, 0.15) is 11.5 Å². The fourth-order valence-electron chi connectivity index (χ4n) is 2.70. The second-order valence-electron chi connectivity index (χ2n) is 5.93. The summed E-state index contributed by atoms with van der Waals surface area (Å²) in [5.74, 6) is 1.55. The summed E-state index contributed by atoms with van der Waals surface area (Å²) in [5.41, 5.74) is 6.69. The Morgan fingerprint density at radius 3 is 2.71 bits per heavy atom. The van der Waals surface area contributed by atoms with Crippen LogP contribution in [0.5, 0.6) is 11.5 Å². The first kappa shape index (κ1) is 15.6. The number of nitrogens with zero attached hydrogens (tertiary/aromatic N) is 1. The van der Waals surface area contributed by atoms with Crippen LogP contribution in [-0.4, -0.2) is 44.7 Å². The molecule has 1 aromatic rings. The fourth-order valence-corrected chi connectivity index (χ4v) is 2.70. The van der Waals surface area contributed by atoms with Gasteiger partial charge in [-0.05, 0) is 36.6 Å².